The molecule has 0 aromatic carbocycles. The van der Waals surface area contributed by atoms with Crippen LogP contribution in [0.5, 0.6) is 0 Å². The molecule has 0 saturated heterocycles. The van der Waals surface area contributed by atoms with Crippen LogP contribution in [0, 0.1) is 5.92 Å². The van der Waals surface area contributed by atoms with Crippen LogP contribution >= 0.6 is 0 Å². The Labute approximate surface area is 106 Å². The minimum atomic E-state index is -0.594. The quantitative estimate of drug-likeness (QED) is 0.754. The number of nitrogens with one attached hydrogen (secondary N) is 1. The Hall–Kier alpha value is -2.11. The van der Waals surface area contributed by atoms with Crippen LogP contribution < -0.4 is 11.1 Å². The predicted molar refractivity (Wildman–Crippen MR) is 67.0 cm³/mol. The van der Waals surface area contributed by atoms with E-state index in [1.807, 2.05) is 13.8 Å². The number of hydrogen-bond donors (Lipinski definition) is 2. The normalized spacial score (nSPS) is 12.0. The fourth-order valence-corrected chi connectivity index (χ4v) is 1.51. The topological polar surface area (TPSA) is 94.3 Å². The number of primary amides is 1. The van der Waals surface area contributed by atoms with Gasteiger partial charge < -0.3 is 15.8 Å². The summed E-state index contributed by atoms with van der Waals surface area (Å²) in [6, 6.07) is 2.59. The monoisotopic (exact) mass is 251 g/mol. The average molecular weight is 251 g/mol. The maximum Gasteiger partial charge on any atom is 0.341 e. The lowest BCUT2D eigenvalue weighted by Crippen LogP contribution is -2.40. The van der Waals surface area contributed by atoms with E-state index in [-0.39, 0.29) is 11.5 Å². The zero-order valence-corrected chi connectivity index (χ0v) is 10.6. The van der Waals surface area contributed by atoms with E-state index in [0.29, 0.717) is 5.82 Å². The van der Waals surface area contributed by atoms with Gasteiger partial charge in [0.15, 0.2) is 0 Å². The van der Waals surface area contributed by atoms with Gasteiger partial charge in [0.1, 0.15) is 17.4 Å². The largest absolute Gasteiger partial charge is 0.465 e. The average Bonchev–Trinajstić information content (AvgIpc) is 2.34. The molecular formula is C12H17N3O3. The van der Waals surface area contributed by atoms with Crippen LogP contribution in [0.4, 0.5) is 5.82 Å². The van der Waals surface area contributed by atoms with E-state index in [2.05, 4.69) is 15.0 Å². The third kappa shape index (κ3) is 3.19. The number of amides is 1. The highest BCUT2D eigenvalue weighted by Gasteiger charge is 2.22. The number of esters is 1. The molecule has 0 bridgehead atoms. The van der Waals surface area contributed by atoms with Crippen LogP contribution in [-0.4, -0.2) is 30.0 Å². The summed E-state index contributed by atoms with van der Waals surface area (Å²) in [5, 5.41) is 2.88. The molecule has 1 unspecified atom stereocenters. The second-order valence-electron chi connectivity index (χ2n) is 4.16. The lowest BCUT2D eigenvalue weighted by Gasteiger charge is -2.20. The first-order chi connectivity index (χ1) is 8.47. The number of anilines is 1. The van der Waals surface area contributed by atoms with Gasteiger partial charge in [0.05, 0.1) is 7.11 Å². The lowest BCUT2D eigenvalue weighted by atomic mass is 10.0. The smallest absolute Gasteiger partial charge is 0.341 e. The number of nitrogens with zero attached hydrogens (tertiary/aromatic N) is 1. The molecule has 1 atom stereocenters. The van der Waals surface area contributed by atoms with Crippen LogP contribution in [0.2, 0.25) is 0 Å². The Morgan fingerprint density at radius 3 is 2.61 bits per heavy atom. The van der Waals surface area contributed by atoms with Gasteiger partial charge >= 0.3 is 5.97 Å². The maximum atomic E-state index is 11.5. The van der Waals surface area contributed by atoms with Crippen molar-refractivity contribution in [3.8, 4) is 0 Å². The van der Waals surface area contributed by atoms with E-state index in [1.54, 1.807) is 12.1 Å². The fraction of sp³-hybridized carbons (Fsp3) is 0.417. The molecule has 1 rings (SSSR count). The molecule has 1 aromatic rings. The number of carbonyl (C=O) groups is 2. The summed E-state index contributed by atoms with van der Waals surface area (Å²) in [5.41, 5.74) is 5.57. The summed E-state index contributed by atoms with van der Waals surface area (Å²) in [4.78, 5) is 26.9. The number of nitrogens with two attached hydrogens (primary N) is 1. The van der Waals surface area contributed by atoms with Gasteiger partial charge in [-0.2, -0.15) is 0 Å². The minimum absolute atomic E-state index is 0.0185. The molecule has 18 heavy (non-hydrogen) atoms. The Morgan fingerprint density at radius 1 is 1.44 bits per heavy atom. The molecule has 6 nitrogen and oxygen atoms in total. The Balaban J connectivity index is 3.03. The van der Waals surface area contributed by atoms with E-state index in [9.17, 15) is 9.59 Å². The van der Waals surface area contributed by atoms with Gasteiger partial charge in [-0.25, -0.2) is 9.78 Å². The van der Waals surface area contributed by atoms with Crippen molar-refractivity contribution < 1.29 is 14.3 Å². The highest BCUT2D eigenvalue weighted by molar-refractivity contribution is 5.95. The van der Waals surface area contributed by atoms with Gasteiger partial charge in [0.2, 0.25) is 5.91 Å². The van der Waals surface area contributed by atoms with E-state index >= 15 is 0 Å². The summed E-state index contributed by atoms with van der Waals surface area (Å²) < 4.78 is 4.64. The van der Waals surface area contributed by atoms with Crippen molar-refractivity contribution in [3.05, 3.63) is 23.9 Å². The van der Waals surface area contributed by atoms with Crippen molar-refractivity contribution in [3.63, 3.8) is 0 Å². The zero-order valence-electron chi connectivity index (χ0n) is 10.6. The van der Waals surface area contributed by atoms with Crippen LogP contribution in [0.25, 0.3) is 0 Å². The molecule has 98 valence electrons. The summed E-state index contributed by atoms with van der Waals surface area (Å²) in [6.45, 7) is 3.70. The number of rotatable bonds is 5. The molecule has 0 spiro atoms. The second kappa shape index (κ2) is 6.00. The van der Waals surface area contributed by atoms with Gasteiger partial charge in [0.25, 0.3) is 0 Å². The number of aromatic nitrogens is 1. The zero-order chi connectivity index (χ0) is 13.7. The molecule has 0 radical (unpaired) electrons. The second-order valence-corrected chi connectivity index (χ2v) is 4.16. The first-order valence-corrected chi connectivity index (χ1v) is 5.56. The molecule has 3 N–H and O–H groups in total. The number of carbonyl (C=O) groups excluding carboxylic acids is 2. The molecule has 0 aliphatic heterocycles. The Bertz CT molecular complexity index is 446. The van der Waals surface area contributed by atoms with Gasteiger partial charge in [-0.15, -0.1) is 0 Å². The first kappa shape index (κ1) is 14.0. The third-order valence-corrected chi connectivity index (χ3v) is 2.48. The number of methoxy groups -OCH3 is 1. The molecule has 0 aliphatic rings. The van der Waals surface area contributed by atoms with Crippen molar-refractivity contribution in [1.29, 1.82) is 0 Å². The Morgan fingerprint density at radius 2 is 2.11 bits per heavy atom. The van der Waals surface area contributed by atoms with E-state index < -0.39 is 17.9 Å². The number of hydrogen-bond acceptors (Lipinski definition) is 5. The van der Waals surface area contributed by atoms with Crippen LogP contribution in [-0.2, 0) is 9.53 Å². The van der Waals surface area contributed by atoms with E-state index in [0.717, 1.165) is 0 Å². The Kier molecular flexibility index (Phi) is 4.65. The number of pyridine rings is 1. The van der Waals surface area contributed by atoms with E-state index in [1.165, 1.54) is 13.3 Å². The van der Waals surface area contributed by atoms with Gasteiger partial charge in [0, 0.05) is 6.20 Å². The van der Waals surface area contributed by atoms with Crippen LogP contribution in [0.1, 0.15) is 24.2 Å². The fourth-order valence-electron chi connectivity index (χ4n) is 1.51. The van der Waals surface area contributed by atoms with Gasteiger partial charge in [-0.1, -0.05) is 13.8 Å². The van der Waals surface area contributed by atoms with Crippen molar-refractivity contribution in [2.24, 2.45) is 11.7 Å². The van der Waals surface area contributed by atoms with Crippen LogP contribution in [0.3, 0.4) is 0 Å². The van der Waals surface area contributed by atoms with Crippen molar-refractivity contribution in [2.75, 3.05) is 12.4 Å². The molecule has 1 amide bonds. The summed E-state index contributed by atoms with van der Waals surface area (Å²) in [7, 11) is 1.28. The molecule has 1 heterocycles. The lowest BCUT2D eigenvalue weighted by molar-refractivity contribution is -0.119. The summed E-state index contributed by atoms with van der Waals surface area (Å²) >= 11 is 0. The maximum absolute atomic E-state index is 11.5. The van der Waals surface area contributed by atoms with E-state index in [4.69, 9.17) is 5.73 Å². The standard InChI is InChI=1S/C12H17N3O3/c1-7(2)9(10(13)16)15-11-8(12(17)18-3)5-4-6-14-11/h4-7,9H,1-3H3,(H2,13,16)(H,14,15). The van der Waals surface area contributed by atoms with Crippen LogP contribution in [0.15, 0.2) is 18.3 Å². The molecule has 0 fully saturated rings. The summed E-state index contributed by atoms with van der Waals surface area (Å²) in [5.74, 6) is -0.735. The number of ether oxygens (including phenoxy) is 1. The first-order valence-electron chi connectivity index (χ1n) is 5.56. The highest BCUT2D eigenvalue weighted by atomic mass is 16.5. The van der Waals surface area contributed by atoms with Gasteiger partial charge in [-0.3, -0.25) is 4.79 Å². The van der Waals surface area contributed by atoms with Crippen molar-refractivity contribution in [2.45, 2.75) is 19.9 Å². The molecule has 0 saturated carbocycles. The highest BCUT2D eigenvalue weighted by Crippen LogP contribution is 2.16. The minimum Gasteiger partial charge on any atom is -0.465 e. The predicted octanol–water partition coefficient (Wildman–Crippen LogP) is 0.790. The molecule has 6 heteroatoms. The molecule has 1 aromatic heterocycles. The van der Waals surface area contributed by atoms with Crippen molar-refractivity contribution >= 4 is 17.7 Å². The summed E-state index contributed by atoms with van der Waals surface area (Å²) in [6.07, 6.45) is 1.52. The molecular weight excluding hydrogens is 234 g/mol. The third-order valence-electron chi connectivity index (χ3n) is 2.48. The van der Waals surface area contributed by atoms with Gasteiger partial charge in [-0.05, 0) is 18.1 Å². The molecule has 0 aliphatic carbocycles. The SMILES string of the molecule is COC(=O)c1cccnc1NC(C(N)=O)C(C)C. The van der Waals surface area contributed by atoms with Crippen molar-refractivity contribution in [1.82, 2.24) is 4.98 Å².